The Bertz CT molecular complexity index is 1050. The molecule has 0 bridgehead atoms. The van der Waals surface area contributed by atoms with Gasteiger partial charge in [0.05, 0.1) is 0 Å². The van der Waals surface area contributed by atoms with E-state index in [4.69, 9.17) is 0 Å². The number of nitrogens with one attached hydrogen (secondary N) is 2. The first-order valence-electron chi connectivity index (χ1n) is 8.14. The van der Waals surface area contributed by atoms with Crippen LogP contribution in [0, 0.1) is 0 Å². The molecule has 3 aromatic heterocycles. The Morgan fingerprint density at radius 2 is 1.96 bits per heavy atom. The molecule has 0 aromatic carbocycles. The van der Waals surface area contributed by atoms with Gasteiger partial charge in [-0.2, -0.15) is 13.2 Å². The lowest BCUT2D eigenvalue weighted by molar-refractivity contribution is -0.141. The van der Waals surface area contributed by atoms with Gasteiger partial charge in [0.1, 0.15) is 22.6 Å². The van der Waals surface area contributed by atoms with Crippen molar-refractivity contribution in [1.29, 1.82) is 0 Å². The Morgan fingerprint density at radius 1 is 1.11 bits per heavy atom. The van der Waals surface area contributed by atoms with E-state index in [9.17, 15) is 13.2 Å². The fourth-order valence-corrected chi connectivity index (χ4v) is 2.75. The van der Waals surface area contributed by atoms with Gasteiger partial charge in [0.15, 0.2) is 5.82 Å². The van der Waals surface area contributed by atoms with Crippen LogP contribution < -0.4 is 10.6 Å². The summed E-state index contributed by atoms with van der Waals surface area (Å²) in [4.78, 5) is 8.11. The zero-order valence-corrected chi connectivity index (χ0v) is 14.2. The van der Waals surface area contributed by atoms with Crippen molar-refractivity contribution in [2.24, 2.45) is 0 Å². The number of dihydropyridines is 1. The van der Waals surface area contributed by atoms with Crippen LogP contribution in [0.4, 0.5) is 19.0 Å². The molecule has 3 aromatic rings. The van der Waals surface area contributed by atoms with Crippen LogP contribution in [0.1, 0.15) is 12.6 Å². The van der Waals surface area contributed by atoms with Crippen LogP contribution in [-0.2, 0) is 6.18 Å². The quantitative estimate of drug-likeness (QED) is 0.735. The second-order valence-electron chi connectivity index (χ2n) is 6.22. The zero-order chi connectivity index (χ0) is 19.1. The minimum absolute atomic E-state index is 0.0423. The smallest absolute Gasteiger partial charge is 0.366 e. The maximum absolute atomic E-state index is 13.0. The highest BCUT2D eigenvalue weighted by atomic mass is 19.4. The fraction of sp³-hybridized carbons (Fsp3) is 0.167. The summed E-state index contributed by atoms with van der Waals surface area (Å²) < 4.78 is 40.5. The lowest BCUT2D eigenvalue weighted by atomic mass is 10.1. The Balaban J connectivity index is 1.79. The Morgan fingerprint density at radius 3 is 2.70 bits per heavy atom. The second kappa shape index (κ2) is 6.11. The summed E-state index contributed by atoms with van der Waals surface area (Å²) in [5.74, 6) is 0.561. The standard InChI is InChI=1S/C18H15F3N6/c1-17(9-2-3-10-22-17)25-16-13-7-5-11-27(13)26-15(24-16)12-6-4-8-14(23-12)18(19,20)21/h2-11,22H,1H3,(H,24,25,26). The number of allylic oxidation sites excluding steroid dienone is 2. The summed E-state index contributed by atoms with van der Waals surface area (Å²) in [7, 11) is 0. The molecule has 0 saturated carbocycles. The first kappa shape index (κ1) is 17.1. The molecule has 1 aliphatic rings. The minimum Gasteiger partial charge on any atom is -0.366 e. The van der Waals surface area contributed by atoms with Gasteiger partial charge in [0.2, 0.25) is 5.82 Å². The number of pyridine rings is 1. The number of rotatable bonds is 3. The van der Waals surface area contributed by atoms with E-state index in [1.807, 2.05) is 31.2 Å². The molecule has 0 amide bonds. The van der Waals surface area contributed by atoms with E-state index in [2.05, 4.69) is 25.7 Å². The van der Waals surface area contributed by atoms with Crippen molar-refractivity contribution >= 4 is 11.3 Å². The zero-order valence-electron chi connectivity index (χ0n) is 14.2. The van der Waals surface area contributed by atoms with Crippen molar-refractivity contribution in [3.8, 4) is 11.5 Å². The van der Waals surface area contributed by atoms with E-state index in [0.717, 1.165) is 6.07 Å². The highest BCUT2D eigenvalue weighted by Gasteiger charge is 2.33. The molecule has 4 heterocycles. The number of alkyl halides is 3. The SMILES string of the molecule is CC1(Nc2nc(-c3cccc(C(F)(F)F)n3)nn3cccc23)C=CC=CN1. The first-order valence-corrected chi connectivity index (χ1v) is 8.14. The number of halogens is 3. The van der Waals surface area contributed by atoms with Crippen LogP contribution in [0.2, 0.25) is 0 Å². The Kier molecular flexibility index (Phi) is 3.87. The van der Waals surface area contributed by atoms with Gasteiger partial charge in [-0.25, -0.2) is 14.5 Å². The van der Waals surface area contributed by atoms with Crippen molar-refractivity contribution < 1.29 is 13.2 Å². The monoisotopic (exact) mass is 372 g/mol. The number of hydrogen-bond donors (Lipinski definition) is 2. The number of aromatic nitrogens is 4. The summed E-state index contributed by atoms with van der Waals surface area (Å²) in [6, 6.07) is 7.26. The molecule has 4 rings (SSSR count). The summed E-state index contributed by atoms with van der Waals surface area (Å²) >= 11 is 0. The van der Waals surface area contributed by atoms with E-state index in [1.165, 1.54) is 12.1 Å². The lowest BCUT2D eigenvalue weighted by Crippen LogP contribution is -2.46. The van der Waals surface area contributed by atoms with Crippen LogP contribution in [0.25, 0.3) is 17.0 Å². The van der Waals surface area contributed by atoms with Gasteiger partial charge in [-0.3, -0.25) is 0 Å². The first-order chi connectivity index (χ1) is 12.8. The maximum atomic E-state index is 13.0. The van der Waals surface area contributed by atoms with Crippen LogP contribution in [0.5, 0.6) is 0 Å². The van der Waals surface area contributed by atoms with Crippen LogP contribution >= 0.6 is 0 Å². The van der Waals surface area contributed by atoms with Gasteiger partial charge in [-0.1, -0.05) is 12.1 Å². The summed E-state index contributed by atoms with van der Waals surface area (Å²) in [5, 5.41) is 10.7. The summed E-state index contributed by atoms with van der Waals surface area (Å²) in [6.07, 6.45) is 4.61. The highest BCUT2D eigenvalue weighted by molar-refractivity contribution is 5.71. The molecule has 27 heavy (non-hydrogen) atoms. The van der Waals surface area contributed by atoms with Crippen LogP contribution in [0.15, 0.2) is 61.0 Å². The molecular weight excluding hydrogens is 357 g/mol. The van der Waals surface area contributed by atoms with Gasteiger partial charge in [-0.15, -0.1) is 5.10 Å². The Hall–Kier alpha value is -3.36. The second-order valence-corrected chi connectivity index (χ2v) is 6.22. The molecule has 0 saturated heterocycles. The largest absolute Gasteiger partial charge is 0.433 e. The van der Waals surface area contributed by atoms with Crippen LogP contribution in [-0.4, -0.2) is 25.2 Å². The summed E-state index contributed by atoms with van der Waals surface area (Å²) in [5.41, 5.74) is -0.857. The fourth-order valence-electron chi connectivity index (χ4n) is 2.75. The minimum atomic E-state index is -4.54. The molecular formula is C18H15F3N6. The predicted molar refractivity (Wildman–Crippen MR) is 94.7 cm³/mol. The third-order valence-electron chi connectivity index (χ3n) is 4.06. The number of nitrogens with zero attached hydrogens (tertiary/aromatic N) is 4. The lowest BCUT2D eigenvalue weighted by Gasteiger charge is -2.30. The normalized spacial score (nSPS) is 19.3. The molecule has 1 unspecified atom stereocenters. The van der Waals surface area contributed by atoms with Crippen molar-refractivity contribution in [3.63, 3.8) is 0 Å². The molecule has 0 spiro atoms. The Labute approximate surface area is 152 Å². The number of hydrogen-bond acceptors (Lipinski definition) is 5. The number of fused-ring (bicyclic) bond motifs is 1. The van der Waals surface area contributed by atoms with Gasteiger partial charge < -0.3 is 10.6 Å². The molecule has 2 N–H and O–H groups in total. The molecule has 0 aliphatic carbocycles. The maximum Gasteiger partial charge on any atom is 0.433 e. The highest BCUT2D eigenvalue weighted by Crippen LogP contribution is 2.29. The third-order valence-corrected chi connectivity index (χ3v) is 4.06. The van der Waals surface area contributed by atoms with E-state index >= 15 is 0 Å². The molecule has 138 valence electrons. The number of anilines is 1. The molecule has 9 heteroatoms. The van der Waals surface area contributed by atoms with Gasteiger partial charge in [-0.05, 0) is 49.5 Å². The van der Waals surface area contributed by atoms with Crippen molar-refractivity contribution in [3.05, 3.63) is 66.7 Å². The van der Waals surface area contributed by atoms with Crippen LogP contribution in [0.3, 0.4) is 0 Å². The molecule has 0 fully saturated rings. The molecule has 6 nitrogen and oxygen atoms in total. The predicted octanol–water partition coefficient (Wildman–Crippen LogP) is 3.61. The topological polar surface area (TPSA) is 67.1 Å². The van der Waals surface area contributed by atoms with Crippen molar-refractivity contribution in [2.45, 2.75) is 18.8 Å². The molecule has 1 aliphatic heterocycles. The van der Waals surface area contributed by atoms with Gasteiger partial charge in [0, 0.05) is 6.20 Å². The van der Waals surface area contributed by atoms with E-state index in [0.29, 0.717) is 11.3 Å². The van der Waals surface area contributed by atoms with Gasteiger partial charge >= 0.3 is 6.18 Å². The average molecular weight is 372 g/mol. The van der Waals surface area contributed by atoms with E-state index in [-0.39, 0.29) is 11.5 Å². The molecule has 0 radical (unpaired) electrons. The third kappa shape index (κ3) is 3.35. The summed E-state index contributed by atoms with van der Waals surface area (Å²) in [6.45, 7) is 1.91. The van der Waals surface area contributed by atoms with Gasteiger partial charge in [0.25, 0.3) is 0 Å². The van der Waals surface area contributed by atoms with Crippen molar-refractivity contribution in [1.82, 2.24) is 24.9 Å². The van der Waals surface area contributed by atoms with Crippen molar-refractivity contribution in [2.75, 3.05) is 5.32 Å². The molecule has 1 atom stereocenters. The average Bonchev–Trinajstić information content (AvgIpc) is 3.10. The van der Waals surface area contributed by atoms with E-state index in [1.54, 1.807) is 23.0 Å². The van der Waals surface area contributed by atoms with E-state index < -0.39 is 17.5 Å².